The molecule has 0 bridgehead atoms. The van der Waals surface area contributed by atoms with Crippen molar-refractivity contribution in [2.24, 2.45) is 5.14 Å². The van der Waals surface area contributed by atoms with E-state index in [4.69, 9.17) is 15.6 Å². The van der Waals surface area contributed by atoms with Crippen molar-refractivity contribution in [1.82, 2.24) is 0 Å². The van der Waals surface area contributed by atoms with Gasteiger partial charge in [-0.2, -0.15) is 0 Å². The van der Waals surface area contributed by atoms with Crippen LogP contribution in [0.2, 0.25) is 0 Å². The van der Waals surface area contributed by atoms with E-state index in [-0.39, 0.29) is 10.6 Å². The van der Waals surface area contributed by atoms with Crippen LogP contribution in [0.5, 0.6) is 11.5 Å². The van der Waals surface area contributed by atoms with Gasteiger partial charge in [-0.25, -0.2) is 17.9 Å². The summed E-state index contributed by atoms with van der Waals surface area (Å²) in [6.07, 6.45) is 0. The van der Waals surface area contributed by atoms with E-state index in [0.717, 1.165) is 0 Å². The molecule has 2 rings (SSSR count). The molecule has 0 fully saturated rings. The number of primary sulfonamides is 1. The first-order valence-electron chi connectivity index (χ1n) is 5.32. The van der Waals surface area contributed by atoms with E-state index in [0.29, 0.717) is 16.0 Å². The minimum Gasteiger partial charge on any atom is -0.456 e. The van der Waals surface area contributed by atoms with Gasteiger partial charge in [0.1, 0.15) is 22.2 Å². The Bertz CT molecular complexity index is 765. The number of nitrogen functional groups attached to an aromatic ring is 1. The molecule has 0 aliphatic heterocycles. The standard InChI is InChI=1S/C12H10BrFN2O3S/c13-9-5-7(14)1-3-11(9)19-8-2-4-12(10(15)6-8)20(16,17)18/h1-6H,15H2,(H2,16,17,18). The molecule has 0 radical (unpaired) electrons. The largest absolute Gasteiger partial charge is 0.456 e. The summed E-state index contributed by atoms with van der Waals surface area (Å²) < 4.78 is 41.3. The molecule has 0 aromatic heterocycles. The number of rotatable bonds is 3. The highest BCUT2D eigenvalue weighted by atomic mass is 79.9. The number of benzene rings is 2. The summed E-state index contributed by atoms with van der Waals surface area (Å²) in [7, 11) is -3.88. The molecule has 0 aliphatic carbocycles. The van der Waals surface area contributed by atoms with Gasteiger partial charge in [0.05, 0.1) is 10.2 Å². The van der Waals surface area contributed by atoms with E-state index >= 15 is 0 Å². The van der Waals surface area contributed by atoms with E-state index in [2.05, 4.69) is 15.9 Å². The Balaban J connectivity index is 2.34. The summed E-state index contributed by atoms with van der Waals surface area (Å²) in [4.78, 5) is -0.178. The number of ether oxygens (including phenoxy) is 1. The highest BCUT2D eigenvalue weighted by molar-refractivity contribution is 9.10. The predicted molar refractivity (Wildman–Crippen MR) is 76.4 cm³/mol. The van der Waals surface area contributed by atoms with Crippen molar-refractivity contribution in [2.45, 2.75) is 4.90 Å². The Morgan fingerprint density at radius 3 is 2.40 bits per heavy atom. The minimum absolute atomic E-state index is 0.0248. The topological polar surface area (TPSA) is 95.4 Å². The lowest BCUT2D eigenvalue weighted by Gasteiger charge is -2.10. The van der Waals surface area contributed by atoms with E-state index in [1.54, 1.807) is 0 Å². The molecule has 0 aliphatic rings. The van der Waals surface area contributed by atoms with Crippen LogP contribution >= 0.6 is 15.9 Å². The van der Waals surface area contributed by atoms with Gasteiger partial charge in [0.15, 0.2) is 0 Å². The molecule has 2 aromatic carbocycles. The van der Waals surface area contributed by atoms with Crippen molar-refractivity contribution in [1.29, 1.82) is 0 Å². The maximum Gasteiger partial charge on any atom is 0.240 e. The Labute approximate surface area is 123 Å². The Kier molecular flexibility index (Phi) is 3.98. The summed E-state index contributed by atoms with van der Waals surface area (Å²) in [6.45, 7) is 0. The predicted octanol–water partition coefficient (Wildman–Crippen LogP) is 2.61. The maximum absolute atomic E-state index is 12.9. The molecule has 0 heterocycles. The summed E-state index contributed by atoms with van der Waals surface area (Å²) >= 11 is 3.16. The molecule has 5 nitrogen and oxygen atoms in total. The molecule has 20 heavy (non-hydrogen) atoms. The number of nitrogens with two attached hydrogens (primary N) is 2. The molecule has 0 amide bonds. The van der Waals surface area contributed by atoms with Gasteiger partial charge >= 0.3 is 0 Å². The number of hydrogen-bond donors (Lipinski definition) is 2. The van der Waals surface area contributed by atoms with E-state index in [1.165, 1.54) is 36.4 Å². The summed E-state index contributed by atoms with van der Waals surface area (Å²) in [6, 6.07) is 7.90. The third kappa shape index (κ3) is 3.27. The number of hydrogen-bond acceptors (Lipinski definition) is 4. The fraction of sp³-hybridized carbons (Fsp3) is 0. The Hall–Kier alpha value is -1.64. The number of anilines is 1. The van der Waals surface area contributed by atoms with Crippen molar-refractivity contribution < 1.29 is 17.5 Å². The van der Waals surface area contributed by atoms with Gasteiger partial charge in [-0.15, -0.1) is 0 Å². The monoisotopic (exact) mass is 360 g/mol. The van der Waals surface area contributed by atoms with Crippen molar-refractivity contribution in [2.75, 3.05) is 5.73 Å². The van der Waals surface area contributed by atoms with Crippen molar-refractivity contribution >= 4 is 31.6 Å². The Morgan fingerprint density at radius 2 is 1.85 bits per heavy atom. The van der Waals surface area contributed by atoms with Gasteiger partial charge in [0.25, 0.3) is 0 Å². The lowest BCUT2D eigenvalue weighted by atomic mass is 10.3. The van der Waals surface area contributed by atoms with Crippen LogP contribution in [0.25, 0.3) is 0 Å². The molecule has 0 spiro atoms. The molecule has 106 valence electrons. The lowest BCUT2D eigenvalue weighted by molar-refractivity contribution is 0.477. The molecule has 0 atom stereocenters. The molecule has 0 unspecified atom stereocenters. The second-order valence-corrected chi connectivity index (χ2v) is 6.31. The van der Waals surface area contributed by atoms with Crippen molar-refractivity contribution in [3.63, 3.8) is 0 Å². The number of sulfonamides is 1. The van der Waals surface area contributed by atoms with Crippen LogP contribution in [0.15, 0.2) is 45.8 Å². The highest BCUT2D eigenvalue weighted by Gasteiger charge is 2.13. The van der Waals surface area contributed by atoms with Crippen molar-refractivity contribution in [3.8, 4) is 11.5 Å². The second kappa shape index (κ2) is 5.39. The summed E-state index contributed by atoms with van der Waals surface area (Å²) in [5.74, 6) is 0.268. The molecule has 0 saturated carbocycles. The van der Waals surface area contributed by atoms with Gasteiger partial charge in [-0.1, -0.05) is 0 Å². The average Bonchev–Trinajstić information content (AvgIpc) is 2.31. The normalized spacial score (nSPS) is 11.3. The summed E-state index contributed by atoms with van der Waals surface area (Å²) in [5.41, 5.74) is 5.59. The van der Waals surface area contributed by atoms with E-state index < -0.39 is 15.8 Å². The first kappa shape index (κ1) is 14.8. The van der Waals surface area contributed by atoms with E-state index in [9.17, 15) is 12.8 Å². The quantitative estimate of drug-likeness (QED) is 0.822. The van der Waals surface area contributed by atoms with Crippen LogP contribution in [0.1, 0.15) is 0 Å². The van der Waals surface area contributed by atoms with Crippen molar-refractivity contribution in [3.05, 3.63) is 46.7 Å². The van der Waals surface area contributed by atoms with Crippen LogP contribution in [-0.2, 0) is 10.0 Å². The van der Waals surface area contributed by atoms with Crippen LogP contribution in [0.3, 0.4) is 0 Å². The fourth-order valence-corrected chi connectivity index (χ4v) is 2.61. The zero-order valence-corrected chi connectivity index (χ0v) is 12.4. The first-order chi connectivity index (χ1) is 9.27. The van der Waals surface area contributed by atoms with Gasteiger partial charge in [0, 0.05) is 6.07 Å². The van der Waals surface area contributed by atoms with Crippen LogP contribution in [-0.4, -0.2) is 8.42 Å². The molecule has 8 heteroatoms. The van der Waals surface area contributed by atoms with Gasteiger partial charge in [-0.05, 0) is 46.3 Å². The molecule has 4 N–H and O–H groups in total. The zero-order chi connectivity index (χ0) is 14.9. The first-order valence-corrected chi connectivity index (χ1v) is 7.66. The SMILES string of the molecule is Nc1cc(Oc2ccc(F)cc2Br)ccc1S(N)(=O)=O. The summed E-state index contributed by atoms with van der Waals surface area (Å²) in [5, 5.41) is 5.00. The fourth-order valence-electron chi connectivity index (χ4n) is 1.53. The van der Waals surface area contributed by atoms with E-state index in [1.807, 2.05) is 0 Å². The third-order valence-electron chi connectivity index (χ3n) is 2.41. The highest BCUT2D eigenvalue weighted by Crippen LogP contribution is 2.32. The average molecular weight is 361 g/mol. The van der Waals surface area contributed by atoms with Gasteiger partial charge < -0.3 is 10.5 Å². The molecular weight excluding hydrogens is 351 g/mol. The smallest absolute Gasteiger partial charge is 0.240 e. The molecular formula is C12H10BrFN2O3S. The molecule has 2 aromatic rings. The van der Waals surface area contributed by atoms with Crippen LogP contribution in [0.4, 0.5) is 10.1 Å². The Morgan fingerprint density at radius 1 is 1.15 bits per heavy atom. The van der Waals surface area contributed by atoms with Gasteiger partial charge in [-0.3, -0.25) is 0 Å². The lowest BCUT2D eigenvalue weighted by Crippen LogP contribution is -2.14. The second-order valence-electron chi connectivity index (χ2n) is 3.92. The zero-order valence-electron chi connectivity index (χ0n) is 10.0. The van der Waals surface area contributed by atoms with Crippen LogP contribution < -0.4 is 15.6 Å². The maximum atomic E-state index is 12.9. The number of halogens is 2. The van der Waals surface area contributed by atoms with Crippen LogP contribution in [0, 0.1) is 5.82 Å². The molecule has 0 saturated heterocycles. The van der Waals surface area contributed by atoms with Gasteiger partial charge in [0.2, 0.25) is 10.0 Å². The minimum atomic E-state index is -3.88. The third-order valence-corrected chi connectivity index (χ3v) is 4.01.